The molecule has 0 unspecified atom stereocenters. The van der Waals surface area contributed by atoms with Gasteiger partial charge in [-0.1, -0.05) is 0 Å². The predicted molar refractivity (Wildman–Crippen MR) is 74.7 cm³/mol. The first kappa shape index (κ1) is 16.2. The predicted octanol–water partition coefficient (Wildman–Crippen LogP) is -0.664. The van der Waals surface area contributed by atoms with Gasteiger partial charge in [0.15, 0.2) is 0 Å². The van der Waals surface area contributed by atoms with Crippen molar-refractivity contribution in [1.29, 1.82) is 0 Å². The van der Waals surface area contributed by atoms with Crippen molar-refractivity contribution < 1.29 is 23.1 Å². The van der Waals surface area contributed by atoms with Gasteiger partial charge in [-0.15, -0.1) is 0 Å². The van der Waals surface area contributed by atoms with Gasteiger partial charge in [0.2, 0.25) is 5.91 Å². The Bertz CT molecular complexity index is 493. The lowest BCUT2D eigenvalue weighted by molar-refractivity contribution is -0.141. The van der Waals surface area contributed by atoms with Gasteiger partial charge in [0.25, 0.3) is 10.2 Å². The van der Waals surface area contributed by atoms with Crippen molar-refractivity contribution in [2.75, 3.05) is 39.3 Å². The topological polar surface area (TPSA) is 98.2 Å². The molecule has 120 valence electrons. The molecule has 1 N–H and O–H groups in total. The van der Waals surface area contributed by atoms with E-state index in [0.717, 1.165) is 12.8 Å². The summed E-state index contributed by atoms with van der Waals surface area (Å²) >= 11 is 0. The average molecular weight is 319 g/mol. The minimum absolute atomic E-state index is 0.0335. The highest BCUT2D eigenvalue weighted by Gasteiger charge is 2.34. The quantitative estimate of drug-likeness (QED) is 0.725. The summed E-state index contributed by atoms with van der Waals surface area (Å²) in [5.41, 5.74) is 0. The van der Waals surface area contributed by atoms with Crippen molar-refractivity contribution in [3.05, 3.63) is 0 Å². The van der Waals surface area contributed by atoms with Crippen LogP contribution in [0.3, 0.4) is 0 Å². The fraction of sp³-hybridized carbons (Fsp3) is 0.833. The van der Waals surface area contributed by atoms with Crippen LogP contribution in [0.2, 0.25) is 0 Å². The summed E-state index contributed by atoms with van der Waals surface area (Å²) in [5, 5.41) is 8.57. The van der Waals surface area contributed by atoms with E-state index in [1.54, 1.807) is 4.90 Å². The number of hydrogen-bond acceptors (Lipinski definition) is 4. The van der Waals surface area contributed by atoms with Gasteiger partial charge in [-0.2, -0.15) is 17.0 Å². The van der Waals surface area contributed by atoms with Crippen LogP contribution in [0.5, 0.6) is 0 Å². The van der Waals surface area contributed by atoms with E-state index in [1.165, 1.54) is 8.61 Å². The maximum Gasteiger partial charge on any atom is 0.303 e. The monoisotopic (exact) mass is 319 g/mol. The molecule has 1 amide bonds. The Morgan fingerprint density at radius 3 is 1.90 bits per heavy atom. The summed E-state index contributed by atoms with van der Waals surface area (Å²) in [5.74, 6) is -1.23. The third-order valence-electron chi connectivity index (χ3n) is 3.86. The lowest BCUT2D eigenvalue weighted by Crippen LogP contribution is -2.53. The number of aliphatic carboxylic acids is 1. The molecule has 2 rings (SSSR count). The van der Waals surface area contributed by atoms with Crippen molar-refractivity contribution in [1.82, 2.24) is 13.5 Å². The summed E-state index contributed by atoms with van der Waals surface area (Å²) in [4.78, 5) is 23.8. The van der Waals surface area contributed by atoms with Crippen molar-refractivity contribution in [2.24, 2.45) is 0 Å². The van der Waals surface area contributed by atoms with Gasteiger partial charge in [0.05, 0.1) is 6.42 Å². The summed E-state index contributed by atoms with van der Waals surface area (Å²) in [6.07, 6.45) is 1.57. The minimum Gasteiger partial charge on any atom is -0.481 e. The van der Waals surface area contributed by atoms with E-state index in [-0.39, 0.29) is 31.8 Å². The number of piperazine rings is 1. The highest BCUT2D eigenvalue weighted by Crippen LogP contribution is 2.18. The van der Waals surface area contributed by atoms with Crippen molar-refractivity contribution >= 4 is 22.1 Å². The zero-order valence-electron chi connectivity index (χ0n) is 11.9. The molecule has 0 atom stereocenters. The van der Waals surface area contributed by atoms with Gasteiger partial charge < -0.3 is 10.0 Å². The molecule has 21 heavy (non-hydrogen) atoms. The third kappa shape index (κ3) is 3.92. The number of hydrogen-bond donors (Lipinski definition) is 1. The molecule has 0 bridgehead atoms. The van der Waals surface area contributed by atoms with Crippen LogP contribution in [-0.2, 0) is 19.8 Å². The molecule has 2 aliphatic heterocycles. The fourth-order valence-corrected chi connectivity index (χ4v) is 4.29. The number of nitrogens with zero attached hydrogens (tertiary/aromatic N) is 3. The molecule has 2 heterocycles. The second kappa shape index (κ2) is 6.71. The SMILES string of the molecule is O=C(O)CCC(=O)N1CCN(S(=O)(=O)N2CCCC2)CC1. The summed E-state index contributed by atoms with van der Waals surface area (Å²) in [6.45, 7) is 2.34. The maximum absolute atomic E-state index is 12.4. The number of carboxylic acid groups (broad SMARTS) is 1. The van der Waals surface area contributed by atoms with Gasteiger partial charge >= 0.3 is 5.97 Å². The average Bonchev–Trinajstić information content (AvgIpc) is 2.99. The molecule has 2 aliphatic rings. The minimum atomic E-state index is -3.40. The number of carboxylic acids is 1. The van der Waals surface area contributed by atoms with Crippen molar-refractivity contribution in [3.8, 4) is 0 Å². The van der Waals surface area contributed by atoms with Crippen molar-refractivity contribution in [3.63, 3.8) is 0 Å². The molecule has 9 heteroatoms. The first-order chi connectivity index (χ1) is 9.91. The van der Waals surface area contributed by atoms with E-state index in [1.807, 2.05) is 0 Å². The lowest BCUT2D eigenvalue weighted by atomic mass is 10.2. The Kier molecular flexibility index (Phi) is 5.17. The van der Waals surface area contributed by atoms with Crippen LogP contribution in [0, 0.1) is 0 Å². The molecule has 0 aromatic carbocycles. The molecule has 0 aromatic heterocycles. The molecule has 2 saturated heterocycles. The fourth-order valence-electron chi connectivity index (χ4n) is 2.62. The van der Waals surface area contributed by atoms with E-state index in [4.69, 9.17) is 5.11 Å². The van der Waals surface area contributed by atoms with Crippen LogP contribution in [0.1, 0.15) is 25.7 Å². The van der Waals surface area contributed by atoms with Gasteiger partial charge in [-0.3, -0.25) is 9.59 Å². The van der Waals surface area contributed by atoms with E-state index in [0.29, 0.717) is 26.2 Å². The summed E-state index contributed by atoms with van der Waals surface area (Å²) in [6, 6.07) is 0. The van der Waals surface area contributed by atoms with Gasteiger partial charge in [-0.05, 0) is 12.8 Å². The number of rotatable bonds is 5. The Labute approximate surface area is 124 Å². The van der Waals surface area contributed by atoms with Gasteiger partial charge in [0, 0.05) is 45.7 Å². The smallest absolute Gasteiger partial charge is 0.303 e. The first-order valence-corrected chi connectivity index (χ1v) is 8.56. The van der Waals surface area contributed by atoms with Crippen molar-refractivity contribution in [2.45, 2.75) is 25.7 Å². The molecular formula is C12H21N3O5S. The van der Waals surface area contributed by atoms with Crippen LogP contribution < -0.4 is 0 Å². The van der Waals surface area contributed by atoms with Crippen LogP contribution in [0.15, 0.2) is 0 Å². The second-order valence-corrected chi connectivity index (χ2v) is 7.22. The molecule has 0 aliphatic carbocycles. The molecular weight excluding hydrogens is 298 g/mol. The largest absolute Gasteiger partial charge is 0.481 e. The first-order valence-electron chi connectivity index (χ1n) is 7.16. The van der Waals surface area contributed by atoms with Gasteiger partial charge in [0.1, 0.15) is 0 Å². The highest BCUT2D eigenvalue weighted by atomic mass is 32.2. The molecule has 2 fully saturated rings. The Balaban J connectivity index is 1.85. The van der Waals surface area contributed by atoms with E-state index in [9.17, 15) is 18.0 Å². The van der Waals surface area contributed by atoms with Crippen LogP contribution in [0.25, 0.3) is 0 Å². The Morgan fingerprint density at radius 1 is 0.857 bits per heavy atom. The third-order valence-corrected chi connectivity index (χ3v) is 5.90. The van der Waals surface area contributed by atoms with E-state index >= 15 is 0 Å². The number of carbonyl (C=O) groups is 2. The molecule has 0 aromatic rings. The second-order valence-electron chi connectivity index (χ2n) is 5.29. The normalized spacial score (nSPS) is 21.6. The lowest BCUT2D eigenvalue weighted by Gasteiger charge is -2.35. The van der Waals surface area contributed by atoms with E-state index in [2.05, 4.69) is 0 Å². The van der Waals surface area contributed by atoms with E-state index < -0.39 is 16.2 Å². The maximum atomic E-state index is 12.4. The summed E-state index contributed by atoms with van der Waals surface area (Å²) < 4.78 is 27.6. The number of carbonyl (C=O) groups excluding carboxylic acids is 1. The Morgan fingerprint density at radius 2 is 1.38 bits per heavy atom. The zero-order chi connectivity index (χ0) is 15.5. The van der Waals surface area contributed by atoms with Gasteiger partial charge in [-0.25, -0.2) is 0 Å². The zero-order valence-corrected chi connectivity index (χ0v) is 12.7. The van der Waals surface area contributed by atoms with Crippen LogP contribution >= 0.6 is 0 Å². The molecule has 0 saturated carbocycles. The molecule has 0 radical (unpaired) electrons. The van der Waals surface area contributed by atoms with Crippen LogP contribution in [0.4, 0.5) is 0 Å². The molecule has 0 spiro atoms. The van der Waals surface area contributed by atoms with Crippen LogP contribution in [-0.4, -0.2) is 78.2 Å². The highest BCUT2D eigenvalue weighted by molar-refractivity contribution is 7.86. The molecule has 8 nitrogen and oxygen atoms in total. The number of amides is 1. The standard InChI is InChI=1S/C12H21N3O5S/c16-11(3-4-12(17)18)13-7-9-15(10-8-13)21(19,20)14-5-1-2-6-14/h1-10H2,(H,17,18). The Hall–Kier alpha value is -1.19. The summed E-state index contributed by atoms with van der Waals surface area (Å²) in [7, 11) is -3.40.